The molecule has 0 unspecified atom stereocenters. The number of nitrogens with one attached hydrogen (secondary N) is 1. The Hall–Kier alpha value is -1.35. The Balaban J connectivity index is 2.08. The van der Waals surface area contributed by atoms with Gasteiger partial charge in [-0.1, -0.05) is 51.8 Å². The number of amides is 1. The highest BCUT2D eigenvalue weighted by Gasteiger charge is 2.32. The van der Waals surface area contributed by atoms with Gasteiger partial charge in [0.25, 0.3) is 0 Å². The molecular weight excluding hydrogens is 248 g/mol. The first-order valence-electron chi connectivity index (χ1n) is 7.48. The topological polar surface area (TPSA) is 55.1 Å². The summed E-state index contributed by atoms with van der Waals surface area (Å²) in [5.41, 5.74) is 8.06. The van der Waals surface area contributed by atoms with Crippen LogP contribution in [0, 0.1) is 0 Å². The minimum Gasteiger partial charge on any atom is -0.326 e. The van der Waals surface area contributed by atoms with E-state index in [0.29, 0.717) is 6.42 Å². The van der Waals surface area contributed by atoms with Crippen LogP contribution in [0.15, 0.2) is 24.3 Å². The van der Waals surface area contributed by atoms with E-state index in [-0.39, 0.29) is 16.9 Å². The van der Waals surface area contributed by atoms with Crippen molar-refractivity contribution in [2.45, 2.75) is 63.8 Å². The molecule has 3 nitrogen and oxygen atoms in total. The number of nitrogens with two attached hydrogens (primary N) is 1. The van der Waals surface area contributed by atoms with Crippen LogP contribution in [0.3, 0.4) is 0 Å². The molecule has 1 fully saturated rings. The second kappa shape index (κ2) is 5.57. The lowest BCUT2D eigenvalue weighted by molar-refractivity contribution is -0.117. The van der Waals surface area contributed by atoms with Crippen molar-refractivity contribution in [3.05, 3.63) is 29.8 Å². The van der Waals surface area contributed by atoms with Gasteiger partial charge >= 0.3 is 0 Å². The Bertz CT molecular complexity index is 482. The lowest BCUT2D eigenvalue weighted by Gasteiger charge is -2.25. The number of benzene rings is 1. The summed E-state index contributed by atoms with van der Waals surface area (Å²) in [7, 11) is 0. The smallest absolute Gasteiger partial charge is 0.226 e. The molecule has 2 rings (SSSR count). The molecule has 0 aromatic heterocycles. The number of hydrogen-bond acceptors (Lipinski definition) is 2. The van der Waals surface area contributed by atoms with Crippen molar-refractivity contribution in [2.24, 2.45) is 5.73 Å². The van der Waals surface area contributed by atoms with Crippen LogP contribution < -0.4 is 11.1 Å². The van der Waals surface area contributed by atoms with Crippen molar-refractivity contribution in [1.29, 1.82) is 0 Å². The Morgan fingerprint density at radius 2 is 1.85 bits per heavy atom. The zero-order valence-corrected chi connectivity index (χ0v) is 12.8. The van der Waals surface area contributed by atoms with Crippen LogP contribution >= 0.6 is 0 Å². The van der Waals surface area contributed by atoms with Crippen molar-refractivity contribution in [3.8, 4) is 0 Å². The highest BCUT2D eigenvalue weighted by Crippen LogP contribution is 2.32. The molecule has 3 N–H and O–H groups in total. The standard InChI is InChI=1S/C17H26N2O/c1-16(2,3)13-8-4-5-9-14(13)19-15(20)12-17(18)10-6-7-11-17/h4-5,8-9H,6-7,10-12,18H2,1-3H3,(H,19,20). The molecule has 0 bridgehead atoms. The predicted octanol–water partition coefficient (Wildman–Crippen LogP) is 3.58. The fraction of sp³-hybridized carbons (Fsp3) is 0.588. The third-order valence-electron chi connectivity index (χ3n) is 4.12. The lowest BCUT2D eigenvalue weighted by atomic mass is 9.85. The van der Waals surface area contributed by atoms with Gasteiger partial charge in [0.2, 0.25) is 5.91 Å². The summed E-state index contributed by atoms with van der Waals surface area (Å²) in [6.45, 7) is 6.46. The average Bonchev–Trinajstić information content (AvgIpc) is 2.74. The molecular formula is C17H26N2O. The van der Waals surface area contributed by atoms with Gasteiger partial charge in [-0.2, -0.15) is 0 Å². The maximum atomic E-state index is 12.3. The van der Waals surface area contributed by atoms with E-state index >= 15 is 0 Å². The van der Waals surface area contributed by atoms with E-state index in [9.17, 15) is 4.79 Å². The summed E-state index contributed by atoms with van der Waals surface area (Å²) in [6, 6.07) is 8.01. The number of carbonyl (C=O) groups excluding carboxylic acids is 1. The first-order chi connectivity index (χ1) is 9.30. The largest absolute Gasteiger partial charge is 0.326 e. The van der Waals surface area contributed by atoms with E-state index in [2.05, 4.69) is 32.2 Å². The van der Waals surface area contributed by atoms with E-state index in [1.807, 2.05) is 18.2 Å². The van der Waals surface area contributed by atoms with Crippen LogP contribution in [0.5, 0.6) is 0 Å². The molecule has 1 amide bonds. The first-order valence-corrected chi connectivity index (χ1v) is 7.48. The molecule has 20 heavy (non-hydrogen) atoms. The zero-order valence-electron chi connectivity index (χ0n) is 12.8. The van der Waals surface area contributed by atoms with E-state index in [4.69, 9.17) is 5.73 Å². The average molecular weight is 274 g/mol. The summed E-state index contributed by atoms with van der Waals surface area (Å²) in [6.07, 6.45) is 4.62. The monoisotopic (exact) mass is 274 g/mol. The maximum absolute atomic E-state index is 12.3. The summed E-state index contributed by atoms with van der Waals surface area (Å²) in [5, 5.41) is 3.05. The van der Waals surface area contributed by atoms with Gasteiger partial charge in [-0.3, -0.25) is 4.79 Å². The maximum Gasteiger partial charge on any atom is 0.226 e. The summed E-state index contributed by atoms with van der Waals surface area (Å²) < 4.78 is 0. The molecule has 0 saturated heterocycles. The van der Waals surface area contributed by atoms with Gasteiger partial charge in [-0.05, 0) is 29.9 Å². The minimum absolute atomic E-state index is 0.0115. The Morgan fingerprint density at radius 1 is 1.25 bits per heavy atom. The van der Waals surface area contributed by atoms with E-state index in [1.165, 1.54) is 0 Å². The molecule has 1 saturated carbocycles. The highest BCUT2D eigenvalue weighted by molar-refractivity contribution is 5.92. The van der Waals surface area contributed by atoms with Crippen LogP contribution in [0.4, 0.5) is 5.69 Å². The molecule has 0 radical (unpaired) electrons. The molecule has 0 spiro atoms. The summed E-state index contributed by atoms with van der Waals surface area (Å²) in [5.74, 6) is 0.0334. The van der Waals surface area contributed by atoms with E-state index in [0.717, 1.165) is 36.9 Å². The predicted molar refractivity (Wildman–Crippen MR) is 83.8 cm³/mol. The molecule has 1 aliphatic carbocycles. The second-order valence-electron chi connectivity index (χ2n) is 7.09. The van der Waals surface area contributed by atoms with Gasteiger partial charge < -0.3 is 11.1 Å². The molecule has 110 valence electrons. The quantitative estimate of drug-likeness (QED) is 0.885. The molecule has 1 aliphatic rings. The number of anilines is 1. The third-order valence-corrected chi connectivity index (χ3v) is 4.12. The van der Waals surface area contributed by atoms with Gasteiger partial charge in [0.15, 0.2) is 0 Å². The summed E-state index contributed by atoms with van der Waals surface area (Å²) >= 11 is 0. The third kappa shape index (κ3) is 3.60. The van der Waals surface area contributed by atoms with Crippen LogP contribution in [0.1, 0.15) is 58.4 Å². The van der Waals surface area contributed by atoms with Gasteiger partial charge in [0.1, 0.15) is 0 Å². The minimum atomic E-state index is -0.291. The number of para-hydroxylation sites is 1. The molecule has 3 heteroatoms. The van der Waals surface area contributed by atoms with Crippen molar-refractivity contribution >= 4 is 11.6 Å². The Labute approximate surface area is 121 Å². The van der Waals surface area contributed by atoms with Crippen molar-refractivity contribution in [2.75, 3.05) is 5.32 Å². The van der Waals surface area contributed by atoms with Crippen LogP contribution in [0.2, 0.25) is 0 Å². The van der Waals surface area contributed by atoms with Crippen LogP contribution in [-0.2, 0) is 10.2 Å². The van der Waals surface area contributed by atoms with Crippen molar-refractivity contribution < 1.29 is 4.79 Å². The fourth-order valence-corrected chi connectivity index (χ4v) is 3.02. The Kier molecular flexibility index (Phi) is 4.19. The Morgan fingerprint density at radius 3 is 2.45 bits per heavy atom. The molecule has 1 aromatic rings. The number of hydrogen-bond donors (Lipinski definition) is 2. The fourth-order valence-electron chi connectivity index (χ4n) is 3.02. The summed E-state index contributed by atoms with van der Waals surface area (Å²) in [4.78, 5) is 12.3. The van der Waals surface area contributed by atoms with Crippen molar-refractivity contribution in [1.82, 2.24) is 0 Å². The van der Waals surface area contributed by atoms with Gasteiger partial charge in [-0.15, -0.1) is 0 Å². The number of rotatable bonds is 3. The van der Waals surface area contributed by atoms with Crippen LogP contribution in [-0.4, -0.2) is 11.4 Å². The molecule has 0 aliphatic heterocycles. The van der Waals surface area contributed by atoms with Gasteiger partial charge in [0.05, 0.1) is 0 Å². The van der Waals surface area contributed by atoms with E-state index in [1.54, 1.807) is 0 Å². The molecule has 1 aromatic carbocycles. The molecule has 0 heterocycles. The number of carbonyl (C=O) groups is 1. The second-order valence-corrected chi connectivity index (χ2v) is 7.09. The SMILES string of the molecule is CC(C)(C)c1ccccc1NC(=O)CC1(N)CCCC1. The lowest BCUT2D eigenvalue weighted by Crippen LogP contribution is -2.40. The van der Waals surface area contributed by atoms with Crippen LogP contribution in [0.25, 0.3) is 0 Å². The van der Waals surface area contributed by atoms with Crippen molar-refractivity contribution in [3.63, 3.8) is 0 Å². The normalized spacial score (nSPS) is 18.0. The van der Waals surface area contributed by atoms with Gasteiger partial charge in [-0.25, -0.2) is 0 Å². The zero-order chi connectivity index (χ0) is 14.8. The molecule has 0 atom stereocenters. The van der Waals surface area contributed by atoms with Gasteiger partial charge in [0, 0.05) is 17.6 Å². The highest BCUT2D eigenvalue weighted by atomic mass is 16.1. The first kappa shape index (κ1) is 15.0. The van der Waals surface area contributed by atoms with E-state index < -0.39 is 0 Å².